The third-order valence-corrected chi connectivity index (χ3v) is 6.53. The van der Waals surface area contributed by atoms with Crippen molar-refractivity contribution in [3.8, 4) is 0 Å². The van der Waals surface area contributed by atoms with Gasteiger partial charge in [0.1, 0.15) is 18.3 Å². The van der Waals surface area contributed by atoms with Gasteiger partial charge in [-0.3, -0.25) is 0 Å². The van der Waals surface area contributed by atoms with Gasteiger partial charge in [0.15, 0.2) is 34.2 Å². The Labute approximate surface area is 186 Å². The number of aliphatic hydroxyl groups is 1. The molecule has 0 bridgehead atoms. The minimum absolute atomic E-state index is 0.165. The first-order valence-corrected chi connectivity index (χ1v) is 12.0. The van der Waals surface area contributed by atoms with Crippen molar-refractivity contribution in [1.82, 2.24) is 25.0 Å². The van der Waals surface area contributed by atoms with Crippen LogP contribution < -0.4 is 4.90 Å². The molecule has 2 aromatic heterocycles. The third-order valence-electron chi connectivity index (χ3n) is 5.48. The average Bonchev–Trinajstić information content (AvgIpc) is 3.40. The van der Waals surface area contributed by atoms with Crippen molar-refractivity contribution in [2.24, 2.45) is 0 Å². The molecule has 0 aliphatic carbocycles. The molecule has 11 heteroatoms. The summed E-state index contributed by atoms with van der Waals surface area (Å²) in [6, 6.07) is 0. The van der Waals surface area contributed by atoms with E-state index in [2.05, 4.69) is 29.1 Å². The van der Waals surface area contributed by atoms with Crippen LogP contribution in [0.2, 0.25) is 0 Å². The predicted molar refractivity (Wildman–Crippen MR) is 117 cm³/mol. The van der Waals surface area contributed by atoms with Crippen LogP contribution in [0.4, 0.5) is 5.82 Å². The zero-order valence-corrected chi connectivity index (χ0v) is 19.6. The highest BCUT2D eigenvalue weighted by atomic mass is 32.2. The Morgan fingerprint density at radius 1 is 1.16 bits per heavy atom. The Bertz CT molecular complexity index is 909. The SMILES string of the molecule is CCCCN(C)c1nc(SCCC)nc2c1nnn2[C@@H]1O[C@H](CO)[C@H]2OC(C)(C)O[C@H]21. The predicted octanol–water partition coefficient (Wildman–Crippen LogP) is 2.37. The summed E-state index contributed by atoms with van der Waals surface area (Å²) in [7, 11) is 2.02. The number of aromatic nitrogens is 5. The smallest absolute Gasteiger partial charge is 0.191 e. The van der Waals surface area contributed by atoms with E-state index in [-0.39, 0.29) is 12.7 Å². The average molecular weight is 453 g/mol. The maximum atomic E-state index is 9.81. The van der Waals surface area contributed by atoms with Crippen LogP contribution in [0.15, 0.2) is 5.16 Å². The topological polar surface area (TPSA) is 108 Å². The molecule has 1 N–H and O–H groups in total. The van der Waals surface area contributed by atoms with Crippen molar-refractivity contribution in [2.75, 3.05) is 30.9 Å². The summed E-state index contributed by atoms with van der Waals surface area (Å²) in [5, 5.41) is 19.3. The van der Waals surface area contributed by atoms with Crippen molar-refractivity contribution in [2.45, 2.75) is 82.4 Å². The maximum Gasteiger partial charge on any atom is 0.191 e. The molecule has 0 unspecified atom stereocenters. The number of nitrogens with zero attached hydrogens (tertiary/aromatic N) is 6. The van der Waals surface area contributed by atoms with E-state index in [1.165, 1.54) is 0 Å². The molecule has 2 aromatic rings. The number of hydrogen-bond donors (Lipinski definition) is 1. The van der Waals surface area contributed by atoms with E-state index in [1.54, 1.807) is 16.4 Å². The number of fused-ring (bicyclic) bond motifs is 2. The van der Waals surface area contributed by atoms with Gasteiger partial charge in [0.2, 0.25) is 0 Å². The molecule has 0 amide bonds. The fraction of sp³-hybridized carbons (Fsp3) is 0.800. The molecule has 2 aliphatic rings. The van der Waals surface area contributed by atoms with Gasteiger partial charge in [-0.2, -0.15) is 4.68 Å². The molecule has 0 spiro atoms. The molecule has 172 valence electrons. The molecule has 2 saturated heterocycles. The van der Waals surface area contributed by atoms with E-state index >= 15 is 0 Å². The maximum absolute atomic E-state index is 9.81. The van der Waals surface area contributed by atoms with Gasteiger partial charge in [0.05, 0.1) is 6.61 Å². The summed E-state index contributed by atoms with van der Waals surface area (Å²) in [5.74, 6) is 0.928. The lowest BCUT2D eigenvalue weighted by molar-refractivity contribution is -0.201. The van der Waals surface area contributed by atoms with Crippen molar-refractivity contribution in [1.29, 1.82) is 0 Å². The second kappa shape index (κ2) is 9.14. The number of unbranched alkanes of at least 4 members (excludes halogenated alkanes) is 1. The molecule has 10 nitrogen and oxygen atoms in total. The second-order valence-corrected chi connectivity index (χ2v) is 9.53. The van der Waals surface area contributed by atoms with E-state index in [0.717, 1.165) is 37.4 Å². The Morgan fingerprint density at radius 3 is 2.65 bits per heavy atom. The molecular formula is C20H32N6O4S. The van der Waals surface area contributed by atoms with Crippen molar-refractivity contribution in [3.05, 3.63) is 0 Å². The Morgan fingerprint density at radius 2 is 1.94 bits per heavy atom. The fourth-order valence-corrected chi connectivity index (χ4v) is 4.68. The van der Waals surface area contributed by atoms with Gasteiger partial charge in [-0.25, -0.2) is 9.97 Å². The van der Waals surface area contributed by atoms with E-state index < -0.39 is 24.2 Å². The molecule has 4 rings (SSSR count). The van der Waals surface area contributed by atoms with Gasteiger partial charge >= 0.3 is 0 Å². The minimum Gasteiger partial charge on any atom is -0.394 e. The molecular weight excluding hydrogens is 420 g/mol. The van der Waals surface area contributed by atoms with Gasteiger partial charge in [0.25, 0.3) is 0 Å². The first-order valence-electron chi connectivity index (χ1n) is 11.0. The number of hydrogen-bond acceptors (Lipinski definition) is 10. The highest BCUT2D eigenvalue weighted by molar-refractivity contribution is 7.99. The van der Waals surface area contributed by atoms with Crippen LogP contribution in [0.1, 0.15) is 53.2 Å². The number of aliphatic hydroxyl groups excluding tert-OH is 1. The molecule has 2 aliphatic heterocycles. The van der Waals surface area contributed by atoms with Crippen LogP contribution in [0, 0.1) is 0 Å². The van der Waals surface area contributed by atoms with Crippen LogP contribution in [0.3, 0.4) is 0 Å². The summed E-state index contributed by atoms with van der Waals surface area (Å²) in [5.41, 5.74) is 1.23. The summed E-state index contributed by atoms with van der Waals surface area (Å²) < 4.78 is 19.8. The van der Waals surface area contributed by atoms with Crippen molar-refractivity contribution >= 4 is 28.7 Å². The largest absolute Gasteiger partial charge is 0.394 e. The summed E-state index contributed by atoms with van der Waals surface area (Å²) in [6.45, 7) is 8.72. The Balaban J connectivity index is 1.74. The monoisotopic (exact) mass is 452 g/mol. The quantitative estimate of drug-likeness (QED) is 0.450. The van der Waals surface area contributed by atoms with Crippen molar-refractivity contribution in [3.63, 3.8) is 0 Å². The third kappa shape index (κ3) is 4.38. The lowest BCUT2D eigenvalue weighted by Crippen LogP contribution is -2.31. The zero-order valence-electron chi connectivity index (χ0n) is 18.8. The van der Waals surface area contributed by atoms with E-state index in [4.69, 9.17) is 24.2 Å². The standard InChI is InChI=1S/C20H32N6O4S/c1-6-8-9-25(5)16-13-17(22-19(21-16)31-10-7-2)26(24-23-13)18-15-14(12(11-27)28-18)29-20(3,4)30-15/h12,14-15,18,27H,6-11H2,1-5H3/t12-,14-,15-,18-/m1/s1. The first-order chi connectivity index (χ1) is 14.9. The van der Waals surface area contributed by atoms with Gasteiger partial charge in [-0.05, 0) is 26.7 Å². The molecule has 0 aromatic carbocycles. The van der Waals surface area contributed by atoms with Gasteiger partial charge < -0.3 is 24.2 Å². The van der Waals surface area contributed by atoms with Crippen molar-refractivity contribution < 1.29 is 19.3 Å². The zero-order chi connectivity index (χ0) is 22.2. The van der Waals surface area contributed by atoms with Crippen LogP contribution in [-0.4, -0.2) is 80.1 Å². The lowest BCUT2D eigenvalue weighted by atomic mass is 10.1. The number of anilines is 1. The fourth-order valence-electron chi connectivity index (χ4n) is 4.00. The van der Waals surface area contributed by atoms with E-state index in [9.17, 15) is 5.11 Å². The minimum atomic E-state index is -0.760. The van der Waals surface area contributed by atoms with E-state index in [1.807, 2.05) is 20.9 Å². The van der Waals surface area contributed by atoms with Crippen LogP contribution in [0.5, 0.6) is 0 Å². The van der Waals surface area contributed by atoms with Crippen LogP contribution in [0.25, 0.3) is 11.2 Å². The summed E-state index contributed by atoms with van der Waals surface area (Å²) in [4.78, 5) is 11.7. The number of ether oxygens (including phenoxy) is 3. The second-order valence-electron chi connectivity index (χ2n) is 8.47. The molecule has 31 heavy (non-hydrogen) atoms. The molecule has 2 fully saturated rings. The Kier molecular flexibility index (Phi) is 6.68. The highest BCUT2D eigenvalue weighted by Gasteiger charge is 2.56. The van der Waals surface area contributed by atoms with Gasteiger partial charge in [-0.15, -0.1) is 5.10 Å². The van der Waals surface area contributed by atoms with Crippen LogP contribution in [-0.2, 0) is 14.2 Å². The summed E-state index contributed by atoms with van der Waals surface area (Å²) in [6.07, 6.45) is 1.28. The first kappa shape index (κ1) is 22.7. The van der Waals surface area contributed by atoms with E-state index in [0.29, 0.717) is 16.3 Å². The molecule has 4 heterocycles. The normalized spacial score (nSPS) is 27.2. The molecule has 0 radical (unpaired) electrons. The molecule has 4 atom stereocenters. The highest BCUT2D eigenvalue weighted by Crippen LogP contribution is 2.43. The summed E-state index contributed by atoms with van der Waals surface area (Å²) >= 11 is 1.62. The van der Waals surface area contributed by atoms with Gasteiger partial charge in [-0.1, -0.05) is 37.2 Å². The lowest BCUT2D eigenvalue weighted by Gasteiger charge is -2.23. The molecule has 0 saturated carbocycles. The van der Waals surface area contributed by atoms with Crippen LogP contribution >= 0.6 is 11.8 Å². The number of thioether (sulfide) groups is 1. The number of rotatable bonds is 9. The Hall–Kier alpha value is -1.53. The van der Waals surface area contributed by atoms with Gasteiger partial charge in [0, 0.05) is 19.3 Å².